The van der Waals surface area contributed by atoms with Gasteiger partial charge in [-0.2, -0.15) is 11.8 Å². The predicted molar refractivity (Wildman–Crippen MR) is 95.5 cm³/mol. The molecular weight excluding hydrogens is 324 g/mol. The van der Waals surface area contributed by atoms with Gasteiger partial charge in [0.2, 0.25) is 5.91 Å². The maximum absolute atomic E-state index is 12.5. The third-order valence-corrected chi connectivity index (χ3v) is 5.69. The molecule has 1 aromatic carbocycles. The van der Waals surface area contributed by atoms with Crippen molar-refractivity contribution in [1.82, 2.24) is 9.80 Å². The van der Waals surface area contributed by atoms with Gasteiger partial charge in [-0.3, -0.25) is 9.59 Å². The van der Waals surface area contributed by atoms with E-state index in [1.54, 1.807) is 43.1 Å². The molecule has 1 saturated heterocycles. The summed E-state index contributed by atoms with van der Waals surface area (Å²) in [7, 11) is 1.61. The summed E-state index contributed by atoms with van der Waals surface area (Å²) in [5, 5.41) is 0. The number of rotatable bonds is 6. The highest BCUT2D eigenvalue weighted by molar-refractivity contribution is 7.99. The summed E-state index contributed by atoms with van der Waals surface area (Å²) in [6, 6.07) is 7.16. The van der Waals surface area contributed by atoms with Gasteiger partial charge < -0.3 is 14.5 Å². The zero-order chi connectivity index (χ0) is 16.9. The Morgan fingerprint density at radius 3 is 2.29 bits per heavy atom. The minimum Gasteiger partial charge on any atom is -0.497 e. The topological polar surface area (TPSA) is 49.9 Å². The average Bonchev–Trinajstić information content (AvgIpc) is 3.45. The van der Waals surface area contributed by atoms with Crippen LogP contribution >= 0.6 is 11.8 Å². The van der Waals surface area contributed by atoms with Crippen LogP contribution in [0.15, 0.2) is 24.3 Å². The number of methoxy groups -OCH3 is 1. The third-order valence-electron chi connectivity index (χ3n) is 4.53. The molecule has 0 unspecified atom stereocenters. The van der Waals surface area contributed by atoms with Crippen molar-refractivity contribution in [2.45, 2.75) is 12.8 Å². The van der Waals surface area contributed by atoms with Crippen LogP contribution in [0.25, 0.3) is 0 Å². The first-order chi connectivity index (χ1) is 11.7. The summed E-state index contributed by atoms with van der Waals surface area (Å²) in [6.07, 6.45) is 2.65. The molecule has 2 aliphatic rings. The summed E-state index contributed by atoms with van der Waals surface area (Å²) in [5.74, 6) is 3.50. The SMILES string of the molecule is COc1ccc(C(=O)N2CCN(C(=O)CSCC3CC3)CC2)cc1. The average molecular weight is 348 g/mol. The standard InChI is InChI=1S/C18H24N2O3S/c1-23-16-6-4-15(5-7-16)18(22)20-10-8-19(9-11-20)17(21)13-24-12-14-2-3-14/h4-7,14H,2-3,8-13H2,1H3. The Bertz CT molecular complexity index is 578. The number of hydrogen-bond acceptors (Lipinski definition) is 4. The quantitative estimate of drug-likeness (QED) is 0.790. The number of piperazine rings is 1. The monoisotopic (exact) mass is 348 g/mol. The molecule has 130 valence electrons. The molecule has 0 aromatic heterocycles. The van der Waals surface area contributed by atoms with Gasteiger partial charge >= 0.3 is 0 Å². The lowest BCUT2D eigenvalue weighted by molar-refractivity contribution is -0.129. The van der Waals surface area contributed by atoms with Gasteiger partial charge in [0.15, 0.2) is 0 Å². The number of ether oxygens (including phenoxy) is 1. The van der Waals surface area contributed by atoms with Gasteiger partial charge in [-0.25, -0.2) is 0 Å². The van der Waals surface area contributed by atoms with Crippen LogP contribution in [0.4, 0.5) is 0 Å². The van der Waals surface area contributed by atoms with Crippen LogP contribution in [0.1, 0.15) is 23.2 Å². The lowest BCUT2D eigenvalue weighted by atomic mass is 10.1. The third kappa shape index (κ3) is 4.44. The van der Waals surface area contributed by atoms with Crippen LogP contribution in [0.5, 0.6) is 5.75 Å². The summed E-state index contributed by atoms with van der Waals surface area (Å²) in [4.78, 5) is 28.4. The molecule has 2 amide bonds. The molecule has 5 nitrogen and oxygen atoms in total. The summed E-state index contributed by atoms with van der Waals surface area (Å²) in [6.45, 7) is 2.46. The van der Waals surface area contributed by atoms with E-state index >= 15 is 0 Å². The first-order valence-corrected chi connectivity index (χ1v) is 9.61. The van der Waals surface area contributed by atoms with E-state index in [0.717, 1.165) is 17.4 Å². The van der Waals surface area contributed by atoms with E-state index in [9.17, 15) is 9.59 Å². The van der Waals surface area contributed by atoms with Gasteiger partial charge in [0.25, 0.3) is 5.91 Å². The van der Waals surface area contributed by atoms with E-state index in [-0.39, 0.29) is 11.8 Å². The van der Waals surface area contributed by atoms with Crippen molar-refractivity contribution in [3.05, 3.63) is 29.8 Å². The van der Waals surface area contributed by atoms with E-state index in [4.69, 9.17) is 4.74 Å². The van der Waals surface area contributed by atoms with Crippen molar-refractivity contribution in [1.29, 1.82) is 0 Å². The molecule has 1 aliphatic heterocycles. The number of carbonyl (C=O) groups excluding carboxylic acids is 2. The second kappa shape index (κ2) is 7.92. The highest BCUT2D eigenvalue weighted by Crippen LogP contribution is 2.32. The molecule has 6 heteroatoms. The van der Waals surface area contributed by atoms with Crippen molar-refractivity contribution in [3.8, 4) is 5.75 Å². The van der Waals surface area contributed by atoms with Crippen molar-refractivity contribution in [2.24, 2.45) is 5.92 Å². The summed E-state index contributed by atoms with van der Waals surface area (Å²) in [5.41, 5.74) is 0.663. The van der Waals surface area contributed by atoms with Crippen LogP contribution in [-0.2, 0) is 4.79 Å². The van der Waals surface area contributed by atoms with Crippen LogP contribution in [-0.4, -0.2) is 66.4 Å². The summed E-state index contributed by atoms with van der Waals surface area (Å²) >= 11 is 1.75. The minimum absolute atomic E-state index is 0.0212. The molecule has 1 saturated carbocycles. The van der Waals surface area contributed by atoms with E-state index in [0.29, 0.717) is 37.5 Å². The Labute approximate surface area is 147 Å². The number of nitrogens with zero attached hydrogens (tertiary/aromatic N) is 2. The number of benzene rings is 1. The van der Waals surface area contributed by atoms with Gasteiger partial charge in [-0.1, -0.05) is 0 Å². The molecule has 0 radical (unpaired) electrons. The molecule has 0 N–H and O–H groups in total. The fourth-order valence-corrected chi connectivity index (χ4v) is 3.91. The maximum Gasteiger partial charge on any atom is 0.253 e. The molecule has 1 aliphatic carbocycles. The molecule has 24 heavy (non-hydrogen) atoms. The minimum atomic E-state index is 0.0212. The number of carbonyl (C=O) groups is 2. The number of thioether (sulfide) groups is 1. The Morgan fingerprint density at radius 2 is 1.71 bits per heavy atom. The van der Waals surface area contributed by atoms with Crippen molar-refractivity contribution < 1.29 is 14.3 Å². The second-order valence-corrected chi connectivity index (χ2v) is 7.39. The van der Waals surface area contributed by atoms with Crippen molar-refractivity contribution in [3.63, 3.8) is 0 Å². The Kier molecular flexibility index (Phi) is 5.66. The molecule has 3 rings (SSSR count). The molecule has 0 bridgehead atoms. The molecule has 1 aromatic rings. The highest BCUT2D eigenvalue weighted by Gasteiger charge is 2.26. The van der Waals surface area contributed by atoms with E-state index in [1.165, 1.54) is 12.8 Å². The predicted octanol–water partition coefficient (Wildman–Crippen LogP) is 2.12. The fourth-order valence-electron chi connectivity index (χ4n) is 2.76. The Balaban J connectivity index is 1.44. The van der Waals surface area contributed by atoms with Crippen LogP contribution < -0.4 is 4.74 Å². The smallest absolute Gasteiger partial charge is 0.253 e. The zero-order valence-electron chi connectivity index (χ0n) is 14.1. The number of amides is 2. The molecular formula is C18H24N2O3S. The molecule has 0 atom stereocenters. The van der Waals surface area contributed by atoms with Gasteiger partial charge in [-0.15, -0.1) is 0 Å². The molecule has 1 heterocycles. The first-order valence-electron chi connectivity index (χ1n) is 8.46. The number of hydrogen-bond donors (Lipinski definition) is 0. The molecule has 2 fully saturated rings. The van der Waals surface area contributed by atoms with E-state index < -0.39 is 0 Å². The Hall–Kier alpha value is -1.69. The van der Waals surface area contributed by atoms with Gasteiger partial charge in [0.1, 0.15) is 5.75 Å². The zero-order valence-corrected chi connectivity index (χ0v) is 14.9. The fraction of sp³-hybridized carbons (Fsp3) is 0.556. The summed E-state index contributed by atoms with van der Waals surface area (Å²) < 4.78 is 5.11. The first kappa shape index (κ1) is 17.1. The Morgan fingerprint density at radius 1 is 1.08 bits per heavy atom. The van der Waals surface area contributed by atoms with Crippen LogP contribution in [0.3, 0.4) is 0 Å². The van der Waals surface area contributed by atoms with Crippen molar-refractivity contribution >= 4 is 23.6 Å². The van der Waals surface area contributed by atoms with E-state index in [1.807, 2.05) is 9.80 Å². The second-order valence-electron chi connectivity index (χ2n) is 6.36. The lowest BCUT2D eigenvalue weighted by Crippen LogP contribution is -2.51. The lowest BCUT2D eigenvalue weighted by Gasteiger charge is -2.34. The van der Waals surface area contributed by atoms with E-state index in [2.05, 4.69) is 0 Å². The van der Waals surface area contributed by atoms with Crippen LogP contribution in [0.2, 0.25) is 0 Å². The maximum atomic E-state index is 12.5. The van der Waals surface area contributed by atoms with Gasteiger partial charge in [-0.05, 0) is 48.8 Å². The van der Waals surface area contributed by atoms with Crippen LogP contribution in [0, 0.1) is 5.92 Å². The van der Waals surface area contributed by atoms with Gasteiger partial charge in [0.05, 0.1) is 12.9 Å². The normalized spacial score (nSPS) is 17.7. The largest absolute Gasteiger partial charge is 0.497 e. The van der Waals surface area contributed by atoms with Gasteiger partial charge in [0, 0.05) is 31.7 Å². The highest BCUT2D eigenvalue weighted by atomic mass is 32.2. The van der Waals surface area contributed by atoms with Crippen molar-refractivity contribution in [2.75, 3.05) is 44.8 Å². The molecule has 0 spiro atoms.